The Bertz CT molecular complexity index is 487. The lowest BCUT2D eigenvalue weighted by molar-refractivity contribution is -0.130. The Balaban J connectivity index is 0.00000147. The van der Waals surface area contributed by atoms with Gasteiger partial charge in [-0.25, -0.2) is 0 Å². The summed E-state index contributed by atoms with van der Waals surface area (Å²) in [6.45, 7) is 4.39. The topological polar surface area (TPSA) is 50.4 Å². The molecule has 4 nitrogen and oxygen atoms in total. The summed E-state index contributed by atoms with van der Waals surface area (Å²) in [5, 5.41) is 6.46. The SMILES string of the molecule is CC1(C(=O)NC2CCOc3ccccc32)CCNC1.Cl. The standard InChI is InChI=1S/C15H20N2O2.ClH/c1-15(7-8-16-10-15)14(18)17-12-6-9-19-13-5-3-2-4-11(12)13;/h2-5,12,16H,6-10H2,1H3,(H,17,18);1H. The van der Waals surface area contributed by atoms with E-state index in [2.05, 4.69) is 10.6 Å². The number of ether oxygens (including phenoxy) is 1. The molecule has 110 valence electrons. The normalized spacial score (nSPS) is 27.9. The monoisotopic (exact) mass is 296 g/mol. The summed E-state index contributed by atoms with van der Waals surface area (Å²) >= 11 is 0. The van der Waals surface area contributed by atoms with Gasteiger partial charge in [0.15, 0.2) is 0 Å². The van der Waals surface area contributed by atoms with Crippen molar-refractivity contribution in [2.45, 2.75) is 25.8 Å². The van der Waals surface area contributed by atoms with E-state index in [1.54, 1.807) is 0 Å². The number of halogens is 1. The van der Waals surface area contributed by atoms with E-state index in [-0.39, 0.29) is 29.8 Å². The molecule has 3 rings (SSSR count). The predicted molar refractivity (Wildman–Crippen MR) is 80.3 cm³/mol. The van der Waals surface area contributed by atoms with E-state index in [1.807, 2.05) is 31.2 Å². The van der Waals surface area contributed by atoms with Crippen molar-refractivity contribution in [2.24, 2.45) is 5.41 Å². The first-order chi connectivity index (χ1) is 9.19. The maximum atomic E-state index is 12.5. The van der Waals surface area contributed by atoms with E-state index in [9.17, 15) is 4.79 Å². The second-order valence-electron chi connectivity index (χ2n) is 5.69. The van der Waals surface area contributed by atoms with Crippen LogP contribution in [0.3, 0.4) is 0 Å². The number of carbonyl (C=O) groups is 1. The molecule has 0 spiro atoms. The first-order valence-electron chi connectivity index (χ1n) is 6.92. The highest BCUT2D eigenvalue weighted by molar-refractivity contribution is 5.85. The summed E-state index contributed by atoms with van der Waals surface area (Å²) in [6, 6.07) is 8.03. The zero-order valence-corrected chi connectivity index (χ0v) is 12.5. The number of hydrogen-bond donors (Lipinski definition) is 2. The van der Waals surface area contributed by atoms with Crippen molar-refractivity contribution < 1.29 is 9.53 Å². The molecule has 2 N–H and O–H groups in total. The number of rotatable bonds is 2. The Kier molecular flexibility index (Phi) is 4.55. The fraction of sp³-hybridized carbons (Fsp3) is 0.533. The van der Waals surface area contributed by atoms with Gasteiger partial charge in [-0.15, -0.1) is 12.4 Å². The molecule has 0 aromatic heterocycles. The Labute approximate surface area is 125 Å². The van der Waals surface area contributed by atoms with Crippen LogP contribution in [-0.4, -0.2) is 25.6 Å². The quantitative estimate of drug-likeness (QED) is 0.878. The number of amides is 1. The molecule has 0 saturated carbocycles. The van der Waals surface area contributed by atoms with E-state index < -0.39 is 0 Å². The Hall–Kier alpha value is -1.26. The number of fused-ring (bicyclic) bond motifs is 1. The average Bonchev–Trinajstić information content (AvgIpc) is 2.87. The molecule has 0 bridgehead atoms. The van der Waals surface area contributed by atoms with Crippen LogP contribution in [0.15, 0.2) is 24.3 Å². The minimum atomic E-state index is -0.271. The van der Waals surface area contributed by atoms with E-state index in [4.69, 9.17) is 4.74 Å². The van der Waals surface area contributed by atoms with Crippen LogP contribution in [-0.2, 0) is 4.79 Å². The third-order valence-corrected chi connectivity index (χ3v) is 4.18. The molecule has 1 amide bonds. The fourth-order valence-electron chi connectivity index (χ4n) is 2.84. The van der Waals surface area contributed by atoms with Gasteiger partial charge in [-0.1, -0.05) is 18.2 Å². The van der Waals surface area contributed by atoms with Crippen molar-refractivity contribution in [1.29, 1.82) is 0 Å². The molecule has 0 radical (unpaired) electrons. The van der Waals surface area contributed by atoms with Crippen LogP contribution >= 0.6 is 12.4 Å². The van der Waals surface area contributed by atoms with E-state index >= 15 is 0 Å². The second-order valence-corrected chi connectivity index (χ2v) is 5.69. The third kappa shape index (κ3) is 2.76. The number of hydrogen-bond acceptors (Lipinski definition) is 3. The van der Waals surface area contributed by atoms with Crippen molar-refractivity contribution in [1.82, 2.24) is 10.6 Å². The molecule has 2 heterocycles. The summed E-state index contributed by atoms with van der Waals surface area (Å²) in [6.07, 6.45) is 1.75. The third-order valence-electron chi connectivity index (χ3n) is 4.18. The first-order valence-corrected chi connectivity index (χ1v) is 6.92. The first kappa shape index (κ1) is 15.1. The average molecular weight is 297 g/mol. The van der Waals surface area contributed by atoms with Gasteiger partial charge in [0.1, 0.15) is 5.75 Å². The predicted octanol–water partition coefficient (Wildman–Crippen LogP) is 2.05. The van der Waals surface area contributed by atoms with Crippen LogP contribution in [0.1, 0.15) is 31.4 Å². The van der Waals surface area contributed by atoms with Crippen molar-refractivity contribution >= 4 is 18.3 Å². The van der Waals surface area contributed by atoms with E-state index in [0.29, 0.717) is 6.61 Å². The molecule has 2 aliphatic heterocycles. The molecule has 1 aromatic carbocycles. The van der Waals surface area contributed by atoms with Crippen molar-refractivity contribution in [3.8, 4) is 5.75 Å². The van der Waals surface area contributed by atoms with Crippen molar-refractivity contribution in [3.63, 3.8) is 0 Å². The van der Waals surface area contributed by atoms with Crippen molar-refractivity contribution in [2.75, 3.05) is 19.7 Å². The number of para-hydroxylation sites is 1. The van der Waals surface area contributed by atoms with Crippen LogP contribution in [0, 0.1) is 5.41 Å². The van der Waals surface area contributed by atoms with Crippen LogP contribution in [0.2, 0.25) is 0 Å². The maximum absolute atomic E-state index is 12.5. The van der Waals surface area contributed by atoms with Gasteiger partial charge in [0.25, 0.3) is 0 Å². The highest BCUT2D eigenvalue weighted by atomic mass is 35.5. The molecule has 2 unspecified atom stereocenters. The molecule has 5 heteroatoms. The van der Waals surface area contributed by atoms with Gasteiger partial charge in [0, 0.05) is 18.5 Å². The molecule has 2 atom stereocenters. The lowest BCUT2D eigenvalue weighted by atomic mass is 9.87. The zero-order chi connectivity index (χ0) is 13.3. The van der Waals surface area contributed by atoms with Gasteiger partial charge in [0.05, 0.1) is 18.1 Å². The molecule has 20 heavy (non-hydrogen) atoms. The van der Waals surface area contributed by atoms with Crippen LogP contribution in [0.5, 0.6) is 5.75 Å². The number of carbonyl (C=O) groups excluding carboxylic acids is 1. The Morgan fingerprint density at radius 2 is 2.25 bits per heavy atom. The van der Waals surface area contributed by atoms with Gasteiger partial charge in [-0.05, 0) is 26.0 Å². The summed E-state index contributed by atoms with van der Waals surface area (Å²) in [7, 11) is 0. The maximum Gasteiger partial charge on any atom is 0.227 e. The minimum Gasteiger partial charge on any atom is -0.493 e. The van der Waals surface area contributed by atoms with Crippen molar-refractivity contribution in [3.05, 3.63) is 29.8 Å². The summed E-state index contributed by atoms with van der Waals surface area (Å²) in [5.74, 6) is 1.05. The van der Waals surface area contributed by atoms with Gasteiger partial charge in [-0.3, -0.25) is 4.79 Å². The summed E-state index contributed by atoms with van der Waals surface area (Å²) < 4.78 is 5.62. The highest BCUT2D eigenvalue weighted by Crippen LogP contribution is 2.33. The van der Waals surface area contributed by atoms with Gasteiger partial charge in [0.2, 0.25) is 5.91 Å². The van der Waals surface area contributed by atoms with Gasteiger partial charge < -0.3 is 15.4 Å². The summed E-state index contributed by atoms with van der Waals surface area (Å²) in [4.78, 5) is 12.5. The largest absolute Gasteiger partial charge is 0.493 e. The van der Waals surface area contributed by atoms with Gasteiger partial charge >= 0.3 is 0 Å². The minimum absolute atomic E-state index is 0. The molecule has 1 aromatic rings. The molecule has 1 saturated heterocycles. The van der Waals surface area contributed by atoms with Crippen LogP contribution in [0.4, 0.5) is 0 Å². The number of benzene rings is 1. The molecular weight excluding hydrogens is 276 g/mol. The van der Waals surface area contributed by atoms with Gasteiger partial charge in [-0.2, -0.15) is 0 Å². The summed E-state index contributed by atoms with van der Waals surface area (Å²) in [5.41, 5.74) is 0.824. The molecule has 0 aliphatic carbocycles. The lowest BCUT2D eigenvalue weighted by Gasteiger charge is -2.30. The fourth-order valence-corrected chi connectivity index (χ4v) is 2.84. The Morgan fingerprint density at radius 1 is 1.45 bits per heavy atom. The van der Waals surface area contributed by atoms with E-state index in [0.717, 1.165) is 37.2 Å². The zero-order valence-electron chi connectivity index (χ0n) is 11.6. The second kappa shape index (κ2) is 6.02. The van der Waals surface area contributed by atoms with Crippen LogP contribution in [0.25, 0.3) is 0 Å². The molecule has 2 aliphatic rings. The Morgan fingerprint density at radius 3 is 3.00 bits per heavy atom. The lowest BCUT2D eigenvalue weighted by Crippen LogP contribution is -2.43. The van der Waals surface area contributed by atoms with Crippen LogP contribution < -0.4 is 15.4 Å². The highest BCUT2D eigenvalue weighted by Gasteiger charge is 2.37. The smallest absolute Gasteiger partial charge is 0.227 e. The van der Waals surface area contributed by atoms with E-state index in [1.165, 1.54) is 0 Å². The number of nitrogens with one attached hydrogen (secondary N) is 2. The molecular formula is C15H21ClN2O2. The molecule has 1 fully saturated rings.